The smallest absolute Gasteiger partial charge is 0.377 e. The average molecular weight is 413 g/mol. The molecule has 0 bridgehead atoms. The van der Waals surface area contributed by atoms with Crippen LogP contribution in [-0.2, 0) is 17.8 Å². The van der Waals surface area contributed by atoms with Crippen LogP contribution in [0.3, 0.4) is 0 Å². The zero-order chi connectivity index (χ0) is 20.8. The van der Waals surface area contributed by atoms with Crippen LogP contribution in [0.15, 0.2) is 21.6 Å². The summed E-state index contributed by atoms with van der Waals surface area (Å²) >= 11 is 0. The second-order valence-corrected chi connectivity index (χ2v) is 7.42. The van der Waals surface area contributed by atoms with Gasteiger partial charge in [0.05, 0.1) is 31.5 Å². The van der Waals surface area contributed by atoms with E-state index in [9.17, 15) is 18.0 Å². The van der Waals surface area contributed by atoms with Gasteiger partial charge in [-0.1, -0.05) is 5.16 Å². The van der Waals surface area contributed by atoms with E-state index in [1.165, 1.54) is 16.9 Å². The van der Waals surface area contributed by atoms with Gasteiger partial charge in [0, 0.05) is 24.7 Å². The third kappa shape index (κ3) is 3.70. The van der Waals surface area contributed by atoms with E-state index >= 15 is 0 Å². The summed E-state index contributed by atoms with van der Waals surface area (Å²) in [6, 6.07) is -0.391. The summed E-state index contributed by atoms with van der Waals surface area (Å²) in [5.74, 6) is 0.382. The van der Waals surface area contributed by atoms with Crippen LogP contribution in [0.1, 0.15) is 24.6 Å². The molecule has 11 heteroatoms. The fraction of sp³-hybridized carbons (Fsp3) is 0.611. The van der Waals surface area contributed by atoms with Crippen molar-refractivity contribution in [1.29, 1.82) is 0 Å². The molecule has 0 spiro atoms. The number of alkyl halides is 3. The third-order valence-electron chi connectivity index (χ3n) is 5.46. The molecule has 0 aromatic carbocycles. The molecule has 0 N–H and O–H groups in total. The number of halogens is 3. The van der Waals surface area contributed by atoms with E-state index in [1.54, 1.807) is 6.92 Å². The van der Waals surface area contributed by atoms with Gasteiger partial charge in [0.1, 0.15) is 18.1 Å². The molecule has 2 unspecified atom stereocenters. The topological polar surface area (TPSA) is 76.6 Å². The van der Waals surface area contributed by atoms with E-state index in [-0.39, 0.29) is 37.1 Å². The minimum Gasteiger partial charge on any atom is -0.377 e. The number of ether oxygens (including phenoxy) is 1. The Kier molecular flexibility index (Phi) is 5.01. The monoisotopic (exact) mass is 413 g/mol. The van der Waals surface area contributed by atoms with Crippen molar-refractivity contribution in [2.45, 2.75) is 51.6 Å². The molecule has 2 aliphatic heterocycles. The highest BCUT2D eigenvalue weighted by Crippen LogP contribution is 2.35. The Bertz CT molecular complexity index is 942. The molecule has 158 valence electrons. The largest absolute Gasteiger partial charge is 0.408 e. The van der Waals surface area contributed by atoms with Crippen molar-refractivity contribution < 1.29 is 22.4 Å². The fourth-order valence-corrected chi connectivity index (χ4v) is 3.84. The molecule has 0 radical (unpaired) electrons. The lowest BCUT2D eigenvalue weighted by molar-refractivity contribution is -0.153. The SMILES string of the molecule is Cc1nocc1CN1c2nc(N3CCOCC3C)cc(=O)n2CCC1C(F)(F)F. The van der Waals surface area contributed by atoms with Gasteiger partial charge >= 0.3 is 6.18 Å². The molecule has 1 saturated heterocycles. The van der Waals surface area contributed by atoms with Crippen LogP contribution in [0.5, 0.6) is 0 Å². The van der Waals surface area contributed by atoms with Crippen LogP contribution < -0.4 is 15.4 Å². The Balaban J connectivity index is 1.79. The Hall–Kier alpha value is -2.56. The van der Waals surface area contributed by atoms with E-state index in [0.717, 1.165) is 4.90 Å². The first-order chi connectivity index (χ1) is 13.8. The highest BCUT2D eigenvalue weighted by Gasteiger charge is 2.47. The first-order valence-corrected chi connectivity index (χ1v) is 9.45. The number of aryl methyl sites for hydroxylation is 1. The van der Waals surface area contributed by atoms with Crippen molar-refractivity contribution in [2.24, 2.45) is 0 Å². The summed E-state index contributed by atoms with van der Waals surface area (Å²) < 4.78 is 53.0. The van der Waals surface area contributed by atoms with E-state index < -0.39 is 12.2 Å². The molecular weight excluding hydrogens is 391 g/mol. The molecule has 0 saturated carbocycles. The lowest BCUT2D eigenvalue weighted by Crippen LogP contribution is -2.52. The lowest BCUT2D eigenvalue weighted by atomic mass is 10.1. The maximum absolute atomic E-state index is 13.8. The lowest BCUT2D eigenvalue weighted by Gasteiger charge is -2.40. The first kappa shape index (κ1) is 19.7. The van der Waals surface area contributed by atoms with Gasteiger partial charge < -0.3 is 19.1 Å². The van der Waals surface area contributed by atoms with Crippen LogP contribution in [0.2, 0.25) is 0 Å². The molecule has 8 nitrogen and oxygen atoms in total. The number of rotatable bonds is 3. The Morgan fingerprint density at radius 3 is 2.76 bits per heavy atom. The fourth-order valence-electron chi connectivity index (χ4n) is 3.84. The van der Waals surface area contributed by atoms with Crippen molar-refractivity contribution in [1.82, 2.24) is 14.7 Å². The number of hydrogen-bond acceptors (Lipinski definition) is 7. The van der Waals surface area contributed by atoms with Gasteiger partial charge in [-0.25, -0.2) is 0 Å². The van der Waals surface area contributed by atoms with Crippen molar-refractivity contribution in [3.05, 3.63) is 33.9 Å². The maximum atomic E-state index is 13.8. The quantitative estimate of drug-likeness (QED) is 0.763. The second kappa shape index (κ2) is 7.36. The van der Waals surface area contributed by atoms with Crippen LogP contribution in [-0.4, -0.2) is 52.7 Å². The molecular formula is C18H22F3N5O3. The number of morpholine rings is 1. The number of hydrogen-bond donors (Lipinski definition) is 0. The van der Waals surface area contributed by atoms with E-state index in [0.29, 0.717) is 36.8 Å². The number of anilines is 2. The molecule has 4 heterocycles. The minimum atomic E-state index is -4.46. The second-order valence-electron chi connectivity index (χ2n) is 7.42. The molecule has 0 amide bonds. The molecule has 2 aromatic heterocycles. The molecule has 29 heavy (non-hydrogen) atoms. The summed E-state index contributed by atoms with van der Waals surface area (Å²) in [7, 11) is 0. The molecule has 4 rings (SSSR count). The van der Waals surface area contributed by atoms with Crippen LogP contribution in [0.25, 0.3) is 0 Å². The van der Waals surface area contributed by atoms with Gasteiger partial charge in [0.2, 0.25) is 5.95 Å². The summed E-state index contributed by atoms with van der Waals surface area (Å²) in [5.41, 5.74) is 0.659. The van der Waals surface area contributed by atoms with Gasteiger partial charge in [-0.3, -0.25) is 9.36 Å². The molecule has 2 aliphatic rings. The first-order valence-electron chi connectivity index (χ1n) is 9.45. The standard InChI is InChI=1S/C18H22F3N5O3/c1-11-9-28-6-5-24(11)15-7-16(27)25-4-3-14(18(19,20)21)26(17(25)22-15)8-13-10-29-23-12(13)2/h7,10-11,14H,3-6,8-9H2,1-2H3. The van der Waals surface area contributed by atoms with E-state index in [4.69, 9.17) is 9.26 Å². The van der Waals surface area contributed by atoms with Crippen LogP contribution in [0.4, 0.5) is 24.9 Å². The maximum Gasteiger partial charge on any atom is 0.408 e. The number of fused-ring (bicyclic) bond motifs is 1. The van der Waals surface area contributed by atoms with Gasteiger partial charge in [0.15, 0.2) is 0 Å². The third-order valence-corrected chi connectivity index (χ3v) is 5.46. The molecule has 2 aromatic rings. The number of aromatic nitrogens is 3. The van der Waals surface area contributed by atoms with Gasteiger partial charge in [-0.2, -0.15) is 18.2 Å². The minimum absolute atomic E-state index is 0.0142. The molecule has 1 fully saturated rings. The van der Waals surface area contributed by atoms with E-state index in [2.05, 4.69) is 10.1 Å². The van der Waals surface area contributed by atoms with Crippen LogP contribution >= 0.6 is 0 Å². The molecule has 0 aliphatic carbocycles. The molecule has 2 atom stereocenters. The normalized spacial score (nSPS) is 22.7. The van der Waals surface area contributed by atoms with Gasteiger partial charge in [-0.15, -0.1) is 0 Å². The Labute approximate surface area is 164 Å². The predicted molar refractivity (Wildman–Crippen MR) is 98.0 cm³/mol. The summed E-state index contributed by atoms with van der Waals surface area (Å²) in [6.07, 6.45) is -3.36. The number of nitrogens with zero attached hydrogens (tertiary/aromatic N) is 5. The average Bonchev–Trinajstić information content (AvgIpc) is 3.06. The van der Waals surface area contributed by atoms with Crippen molar-refractivity contribution in [3.63, 3.8) is 0 Å². The highest BCUT2D eigenvalue weighted by atomic mass is 19.4. The zero-order valence-corrected chi connectivity index (χ0v) is 16.1. The summed E-state index contributed by atoms with van der Waals surface area (Å²) in [5, 5.41) is 3.75. The van der Waals surface area contributed by atoms with Crippen molar-refractivity contribution >= 4 is 11.8 Å². The van der Waals surface area contributed by atoms with Gasteiger partial charge in [0.25, 0.3) is 5.56 Å². The van der Waals surface area contributed by atoms with Gasteiger partial charge in [-0.05, 0) is 20.3 Å². The van der Waals surface area contributed by atoms with Crippen molar-refractivity contribution in [2.75, 3.05) is 29.6 Å². The summed E-state index contributed by atoms with van der Waals surface area (Å²) in [6.45, 7) is 4.91. The van der Waals surface area contributed by atoms with Crippen LogP contribution in [0, 0.1) is 6.92 Å². The Morgan fingerprint density at radius 2 is 2.10 bits per heavy atom. The zero-order valence-electron chi connectivity index (χ0n) is 16.1. The predicted octanol–water partition coefficient (Wildman–Crippen LogP) is 2.11. The van der Waals surface area contributed by atoms with Crippen molar-refractivity contribution in [3.8, 4) is 0 Å². The summed E-state index contributed by atoms with van der Waals surface area (Å²) in [4.78, 5) is 20.3. The Morgan fingerprint density at radius 1 is 1.31 bits per heavy atom. The van der Waals surface area contributed by atoms with E-state index in [1.807, 2.05) is 11.8 Å². The highest BCUT2D eigenvalue weighted by molar-refractivity contribution is 5.48.